The molecule has 88 valence electrons. The molecule has 1 aromatic carbocycles. The molecule has 0 saturated heterocycles. The molecule has 0 radical (unpaired) electrons. The molecule has 0 amide bonds. The van der Waals surface area contributed by atoms with E-state index in [0.717, 1.165) is 5.56 Å². The molecule has 0 fully saturated rings. The third-order valence-corrected chi connectivity index (χ3v) is 3.45. The minimum atomic E-state index is -3.57. The van der Waals surface area contributed by atoms with Gasteiger partial charge in [0.1, 0.15) is 6.29 Å². The van der Waals surface area contributed by atoms with Crippen LogP contribution in [0.1, 0.15) is 5.56 Å². The van der Waals surface area contributed by atoms with Gasteiger partial charge in [0.05, 0.1) is 10.9 Å². The van der Waals surface area contributed by atoms with Gasteiger partial charge < -0.3 is 10.5 Å². The highest BCUT2D eigenvalue weighted by molar-refractivity contribution is 7.89. The number of carbonyl (C=O) groups excluding carboxylic acids is 1. The minimum absolute atomic E-state index is 0.0975. The van der Waals surface area contributed by atoms with Gasteiger partial charge in [-0.2, -0.15) is 0 Å². The topological polar surface area (TPSA) is 89.3 Å². The van der Waals surface area contributed by atoms with Crippen LogP contribution in [-0.4, -0.2) is 27.3 Å². The fraction of sp³-hybridized carbons (Fsp3) is 0.300. The van der Waals surface area contributed by atoms with Crippen LogP contribution < -0.4 is 10.5 Å². The van der Waals surface area contributed by atoms with Crippen LogP contribution in [0, 0.1) is 6.92 Å². The van der Waals surface area contributed by atoms with Gasteiger partial charge in [0.25, 0.3) is 0 Å². The Balaban J connectivity index is 2.78. The van der Waals surface area contributed by atoms with E-state index in [-0.39, 0.29) is 11.4 Å². The average Bonchev–Trinajstić information content (AvgIpc) is 2.26. The molecule has 1 unspecified atom stereocenters. The monoisotopic (exact) mass is 242 g/mol. The predicted molar refractivity (Wildman–Crippen MR) is 60.4 cm³/mol. The van der Waals surface area contributed by atoms with Crippen molar-refractivity contribution in [2.45, 2.75) is 17.9 Å². The first kappa shape index (κ1) is 12.8. The molecule has 0 aliphatic rings. The predicted octanol–water partition coefficient (Wildman–Crippen LogP) is -0.200. The van der Waals surface area contributed by atoms with E-state index in [2.05, 4.69) is 4.72 Å². The van der Waals surface area contributed by atoms with Crippen molar-refractivity contribution in [3.05, 3.63) is 29.8 Å². The van der Waals surface area contributed by atoms with E-state index in [9.17, 15) is 13.2 Å². The Kier molecular flexibility index (Phi) is 4.17. The van der Waals surface area contributed by atoms with Gasteiger partial charge in [-0.25, -0.2) is 13.1 Å². The molecule has 1 aromatic rings. The summed E-state index contributed by atoms with van der Waals surface area (Å²) in [7, 11) is -3.57. The lowest BCUT2D eigenvalue weighted by atomic mass is 10.2. The first-order valence-corrected chi connectivity index (χ1v) is 6.21. The van der Waals surface area contributed by atoms with Crippen molar-refractivity contribution >= 4 is 16.3 Å². The SMILES string of the molecule is Cc1ccc(S(=O)(=O)NCC(N)C=O)cc1. The van der Waals surface area contributed by atoms with Crippen molar-refractivity contribution in [3.63, 3.8) is 0 Å². The number of hydrogen-bond acceptors (Lipinski definition) is 4. The number of benzene rings is 1. The quantitative estimate of drug-likeness (QED) is 0.700. The van der Waals surface area contributed by atoms with Crippen LogP contribution >= 0.6 is 0 Å². The maximum absolute atomic E-state index is 11.7. The molecule has 0 saturated carbocycles. The second kappa shape index (κ2) is 5.20. The van der Waals surface area contributed by atoms with Gasteiger partial charge in [-0.15, -0.1) is 0 Å². The number of nitrogens with one attached hydrogen (secondary N) is 1. The first-order chi connectivity index (χ1) is 7.45. The minimum Gasteiger partial charge on any atom is -0.321 e. The molecule has 0 aliphatic carbocycles. The zero-order chi connectivity index (χ0) is 12.2. The molecule has 1 rings (SSSR count). The highest BCUT2D eigenvalue weighted by atomic mass is 32.2. The number of nitrogens with two attached hydrogens (primary N) is 1. The molecule has 3 N–H and O–H groups in total. The number of aryl methyl sites for hydroxylation is 1. The van der Waals surface area contributed by atoms with Gasteiger partial charge in [-0.3, -0.25) is 0 Å². The molecule has 1 atom stereocenters. The summed E-state index contributed by atoms with van der Waals surface area (Å²) < 4.78 is 25.6. The normalized spacial score (nSPS) is 13.4. The molecule has 0 spiro atoms. The van der Waals surface area contributed by atoms with E-state index in [1.807, 2.05) is 6.92 Å². The Hall–Kier alpha value is -1.24. The van der Waals surface area contributed by atoms with Crippen LogP contribution in [0.3, 0.4) is 0 Å². The summed E-state index contributed by atoms with van der Waals surface area (Å²) in [5.74, 6) is 0. The number of hydrogen-bond donors (Lipinski definition) is 2. The summed E-state index contributed by atoms with van der Waals surface area (Å²) in [6, 6.07) is 5.59. The van der Waals surface area contributed by atoms with Gasteiger partial charge in [0, 0.05) is 6.54 Å². The molecular weight excluding hydrogens is 228 g/mol. The second-order valence-electron chi connectivity index (χ2n) is 3.46. The van der Waals surface area contributed by atoms with E-state index in [4.69, 9.17) is 5.73 Å². The highest BCUT2D eigenvalue weighted by Gasteiger charge is 2.14. The van der Waals surface area contributed by atoms with Gasteiger partial charge in [0.15, 0.2) is 0 Å². The molecular formula is C10H14N2O3S. The lowest BCUT2D eigenvalue weighted by molar-refractivity contribution is -0.108. The summed E-state index contributed by atoms with van der Waals surface area (Å²) in [4.78, 5) is 10.4. The Morgan fingerprint density at radius 1 is 1.38 bits per heavy atom. The van der Waals surface area contributed by atoms with Gasteiger partial charge in [-0.1, -0.05) is 17.7 Å². The van der Waals surface area contributed by atoms with Crippen LogP contribution in [0.2, 0.25) is 0 Å². The van der Waals surface area contributed by atoms with Crippen LogP contribution in [-0.2, 0) is 14.8 Å². The number of carbonyl (C=O) groups is 1. The van der Waals surface area contributed by atoms with E-state index in [1.165, 1.54) is 12.1 Å². The molecule has 0 aromatic heterocycles. The summed E-state index contributed by atoms with van der Waals surface area (Å²) in [5.41, 5.74) is 6.26. The maximum atomic E-state index is 11.7. The van der Waals surface area contributed by atoms with Gasteiger partial charge in [-0.05, 0) is 19.1 Å². The number of sulfonamides is 1. The molecule has 5 nitrogen and oxygen atoms in total. The van der Waals surface area contributed by atoms with E-state index in [1.54, 1.807) is 12.1 Å². The standard InChI is InChI=1S/C10H14N2O3S/c1-8-2-4-10(5-3-8)16(14,15)12-6-9(11)7-13/h2-5,7,9,12H,6,11H2,1H3. The van der Waals surface area contributed by atoms with Crippen molar-refractivity contribution in [1.29, 1.82) is 0 Å². The first-order valence-electron chi connectivity index (χ1n) is 4.73. The summed E-state index contributed by atoms with van der Waals surface area (Å²) in [6.07, 6.45) is 0.498. The molecule has 16 heavy (non-hydrogen) atoms. The average molecular weight is 242 g/mol. The molecule has 0 bridgehead atoms. The second-order valence-corrected chi connectivity index (χ2v) is 5.23. The van der Waals surface area contributed by atoms with Crippen LogP contribution in [0.15, 0.2) is 29.2 Å². The van der Waals surface area contributed by atoms with Crippen molar-refractivity contribution in [1.82, 2.24) is 4.72 Å². The summed E-state index contributed by atoms with van der Waals surface area (Å²) >= 11 is 0. The van der Waals surface area contributed by atoms with Crippen LogP contribution in [0.25, 0.3) is 0 Å². The Morgan fingerprint density at radius 3 is 2.44 bits per heavy atom. The number of rotatable bonds is 5. The fourth-order valence-electron chi connectivity index (χ4n) is 1.05. The maximum Gasteiger partial charge on any atom is 0.240 e. The zero-order valence-electron chi connectivity index (χ0n) is 8.88. The van der Waals surface area contributed by atoms with E-state index in [0.29, 0.717) is 6.29 Å². The lowest BCUT2D eigenvalue weighted by Gasteiger charge is -2.08. The van der Waals surface area contributed by atoms with Gasteiger partial charge >= 0.3 is 0 Å². The lowest BCUT2D eigenvalue weighted by Crippen LogP contribution is -2.38. The highest BCUT2D eigenvalue weighted by Crippen LogP contribution is 2.09. The van der Waals surface area contributed by atoms with Crippen molar-refractivity contribution in [2.24, 2.45) is 5.73 Å². The van der Waals surface area contributed by atoms with Crippen LogP contribution in [0.4, 0.5) is 0 Å². The third-order valence-electron chi connectivity index (χ3n) is 2.02. The molecule has 6 heteroatoms. The van der Waals surface area contributed by atoms with Crippen molar-refractivity contribution < 1.29 is 13.2 Å². The van der Waals surface area contributed by atoms with Crippen LogP contribution in [0.5, 0.6) is 0 Å². The summed E-state index contributed by atoms with van der Waals surface area (Å²) in [6.45, 7) is 1.77. The summed E-state index contributed by atoms with van der Waals surface area (Å²) in [5, 5.41) is 0. The van der Waals surface area contributed by atoms with E-state index < -0.39 is 16.1 Å². The van der Waals surface area contributed by atoms with Gasteiger partial charge in [0.2, 0.25) is 10.0 Å². The Morgan fingerprint density at radius 2 is 1.94 bits per heavy atom. The largest absolute Gasteiger partial charge is 0.321 e. The molecule has 0 heterocycles. The Labute approximate surface area is 94.7 Å². The third kappa shape index (κ3) is 3.41. The smallest absolute Gasteiger partial charge is 0.240 e. The zero-order valence-corrected chi connectivity index (χ0v) is 9.70. The van der Waals surface area contributed by atoms with Crippen molar-refractivity contribution in [2.75, 3.05) is 6.54 Å². The van der Waals surface area contributed by atoms with Crippen molar-refractivity contribution in [3.8, 4) is 0 Å². The van der Waals surface area contributed by atoms with E-state index >= 15 is 0 Å². The Bertz CT molecular complexity index is 453. The fourth-order valence-corrected chi connectivity index (χ4v) is 2.13. The number of aldehydes is 1. The molecule has 0 aliphatic heterocycles.